The van der Waals surface area contributed by atoms with E-state index in [-0.39, 0.29) is 29.9 Å². The summed E-state index contributed by atoms with van der Waals surface area (Å²) in [5.41, 5.74) is 1.36. The highest BCUT2D eigenvalue weighted by Crippen LogP contribution is 2.36. The number of carbonyl (C=O) groups excluding carboxylic acids is 2. The molecule has 1 aromatic carbocycles. The molecule has 1 aliphatic rings. The minimum Gasteiger partial charge on any atom is -0.497 e. The molecule has 0 unspecified atom stereocenters. The number of unbranched alkanes of at least 4 members (excludes halogenated alkanes) is 1. The highest BCUT2D eigenvalue weighted by atomic mass is 32.2. The lowest BCUT2D eigenvalue weighted by Crippen LogP contribution is -2.32. The van der Waals surface area contributed by atoms with Gasteiger partial charge in [-0.25, -0.2) is 0 Å². The molecule has 0 radical (unpaired) electrons. The molecule has 1 atom stereocenters. The van der Waals surface area contributed by atoms with E-state index in [2.05, 4.69) is 23.6 Å². The van der Waals surface area contributed by atoms with Gasteiger partial charge in [0.15, 0.2) is 0 Å². The van der Waals surface area contributed by atoms with E-state index in [1.165, 1.54) is 11.8 Å². The molecule has 2 N–H and O–H groups in total. The van der Waals surface area contributed by atoms with Crippen LogP contribution in [-0.2, 0) is 9.59 Å². The monoisotopic (exact) mass is 373 g/mol. The Morgan fingerprint density at radius 3 is 2.77 bits per heavy atom. The Hall–Kier alpha value is -2.46. The second kappa shape index (κ2) is 9.88. The van der Waals surface area contributed by atoms with Gasteiger partial charge in [0.05, 0.1) is 29.5 Å². The van der Waals surface area contributed by atoms with Gasteiger partial charge >= 0.3 is 0 Å². The topological polar surface area (TPSA) is 91.2 Å². The van der Waals surface area contributed by atoms with Crippen molar-refractivity contribution in [2.45, 2.75) is 32.1 Å². The number of nitrogens with one attached hydrogen (secondary N) is 2. The quantitative estimate of drug-likeness (QED) is 0.684. The molecule has 0 saturated heterocycles. The molecule has 0 saturated carbocycles. The first kappa shape index (κ1) is 19.9. The van der Waals surface area contributed by atoms with Gasteiger partial charge in [-0.15, -0.1) is 0 Å². The Labute approximate surface area is 158 Å². The van der Waals surface area contributed by atoms with Crippen molar-refractivity contribution in [3.8, 4) is 11.8 Å². The molecular formula is C19H23N3O3S. The second-order valence-electron chi connectivity index (χ2n) is 5.92. The van der Waals surface area contributed by atoms with Gasteiger partial charge in [-0.2, -0.15) is 5.26 Å². The van der Waals surface area contributed by atoms with Gasteiger partial charge in [0, 0.05) is 18.9 Å². The van der Waals surface area contributed by atoms with Gasteiger partial charge < -0.3 is 15.4 Å². The van der Waals surface area contributed by atoms with Gasteiger partial charge in [0.2, 0.25) is 11.8 Å². The van der Waals surface area contributed by atoms with Gasteiger partial charge in [-0.3, -0.25) is 9.59 Å². The third-order valence-corrected chi connectivity index (χ3v) is 5.09. The maximum Gasteiger partial charge on any atom is 0.230 e. The van der Waals surface area contributed by atoms with Gasteiger partial charge in [-0.05, 0) is 24.1 Å². The first-order chi connectivity index (χ1) is 12.6. The zero-order valence-electron chi connectivity index (χ0n) is 15.0. The van der Waals surface area contributed by atoms with Crippen LogP contribution in [0.3, 0.4) is 0 Å². The predicted molar refractivity (Wildman–Crippen MR) is 102 cm³/mol. The van der Waals surface area contributed by atoms with E-state index in [4.69, 9.17) is 4.74 Å². The Balaban J connectivity index is 2.14. The lowest BCUT2D eigenvalue weighted by Gasteiger charge is -2.25. The molecule has 0 aromatic heterocycles. The van der Waals surface area contributed by atoms with E-state index < -0.39 is 0 Å². The summed E-state index contributed by atoms with van der Waals surface area (Å²) >= 11 is 1.19. The van der Waals surface area contributed by atoms with Gasteiger partial charge in [0.1, 0.15) is 5.75 Å². The van der Waals surface area contributed by atoms with Gasteiger partial charge in [0.25, 0.3) is 0 Å². The summed E-state index contributed by atoms with van der Waals surface area (Å²) in [6.07, 6.45) is 2.15. The zero-order valence-corrected chi connectivity index (χ0v) is 15.8. The van der Waals surface area contributed by atoms with Crippen molar-refractivity contribution < 1.29 is 14.3 Å². The molecule has 2 rings (SSSR count). The molecule has 0 bridgehead atoms. The fourth-order valence-electron chi connectivity index (χ4n) is 2.65. The van der Waals surface area contributed by atoms with E-state index in [9.17, 15) is 14.9 Å². The van der Waals surface area contributed by atoms with E-state index in [1.54, 1.807) is 7.11 Å². The molecule has 6 nitrogen and oxygen atoms in total. The minimum atomic E-state index is -0.315. The Bertz CT molecular complexity index is 723. The van der Waals surface area contributed by atoms with E-state index >= 15 is 0 Å². The number of carbonyl (C=O) groups is 2. The van der Waals surface area contributed by atoms with Crippen molar-refractivity contribution in [2.75, 3.05) is 19.4 Å². The first-order valence-corrected chi connectivity index (χ1v) is 9.55. The number of benzene rings is 1. The van der Waals surface area contributed by atoms with Crippen molar-refractivity contribution >= 4 is 23.6 Å². The number of hydrogen-bond acceptors (Lipinski definition) is 5. The van der Waals surface area contributed by atoms with Crippen LogP contribution in [0.1, 0.15) is 37.7 Å². The van der Waals surface area contributed by atoms with Crippen LogP contribution in [0.25, 0.3) is 0 Å². The van der Waals surface area contributed by atoms with Crippen molar-refractivity contribution in [1.29, 1.82) is 5.26 Å². The molecule has 1 aromatic rings. The number of rotatable bonds is 8. The summed E-state index contributed by atoms with van der Waals surface area (Å²) in [6.45, 7) is 2.70. The largest absolute Gasteiger partial charge is 0.497 e. The number of nitrogens with zero attached hydrogens (tertiary/aromatic N) is 1. The predicted octanol–water partition coefficient (Wildman–Crippen LogP) is 2.68. The third-order valence-electron chi connectivity index (χ3n) is 4.07. The van der Waals surface area contributed by atoms with Crippen LogP contribution in [0.15, 0.2) is 34.9 Å². The maximum atomic E-state index is 12.1. The summed E-state index contributed by atoms with van der Waals surface area (Å²) in [6, 6.07) is 9.55. The SMILES string of the molecule is CCCCNC(=O)CSC1=C(C#N)[C@@H](c2ccc(OC)cc2)CC(=O)N1. The molecule has 7 heteroatoms. The van der Waals surface area contributed by atoms with Gasteiger partial charge in [-0.1, -0.05) is 37.2 Å². The lowest BCUT2D eigenvalue weighted by molar-refractivity contribution is -0.121. The molecule has 0 spiro atoms. The Morgan fingerprint density at radius 2 is 2.15 bits per heavy atom. The fraction of sp³-hybridized carbons (Fsp3) is 0.421. The Morgan fingerprint density at radius 1 is 1.42 bits per heavy atom. The number of hydrogen-bond donors (Lipinski definition) is 2. The van der Waals surface area contributed by atoms with Crippen molar-refractivity contribution in [2.24, 2.45) is 0 Å². The molecule has 0 aliphatic carbocycles. The number of amides is 2. The van der Waals surface area contributed by atoms with E-state index in [0.29, 0.717) is 17.1 Å². The highest BCUT2D eigenvalue weighted by molar-refractivity contribution is 8.03. The minimum absolute atomic E-state index is 0.103. The number of methoxy groups -OCH3 is 1. The average Bonchev–Trinajstić information content (AvgIpc) is 2.66. The number of nitriles is 1. The first-order valence-electron chi connectivity index (χ1n) is 8.56. The van der Waals surface area contributed by atoms with Crippen LogP contribution in [0.4, 0.5) is 0 Å². The second-order valence-corrected chi connectivity index (χ2v) is 6.91. The van der Waals surface area contributed by atoms with Crippen LogP contribution in [0, 0.1) is 11.3 Å². The molecular weight excluding hydrogens is 350 g/mol. The molecule has 138 valence electrons. The highest BCUT2D eigenvalue weighted by Gasteiger charge is 2.29. The van der Waals surface area contributed by atoms with Crippen molar-refractivity contribution in [3.63, 3.8) is 0 Å². The lowest BCUT2D eigenvalue weighted by atomic mass is 9.87. The molecule has 2 amide bonds. The number of thioether (sulfide) groups is 1. The molecule has 26 heavy (non-hydrogen) atoms. The average molecular weight is 373 g/mol. The summed E-state index contributed by atoms with van der Waals surface area (Å²) in [7, 11) is 1.59. The summed E-state index contributed by atoms with van der Waals surface area (Å²) < 4.78 is 5.15. The van der Waals surface area contributed by atoms with Crippen molar-refractivity contribution in [3.05, 3.63) is 40.4 Å². The number of allylic oxidation sites excluding steroid dienone is 1. The maximum absolute atomic E-state index is 12.1. The fourth-order valence-corrected chi connectivity index (χ4v) is 3.55. The van der Waals surface area contributed by atoms with Crippen molar-refractivity contribution in [1.82, 2.24) is 10.6 Å². The normalized spacial score (nSPS) is 16.7. The molecule has 0 fully saturated rings. The van der Waals surface area contributed by atoms with Crippen LogP contribution in [-0.4, -0.2) is 31.2 Å². The Kier molecular flexibility index (Phi) is 7.54. The third kappa shape index (κ3) is 5.27. The van der Waals surface area contributed by atoms with Crippen LogP contribution in [0.2, 0.25) is 0 Å². The zero-order chi connectivity index (χ0) is 18.9. The summed E-state index contributed by atoms with van der Waals surface area (Å²) in [5.74, 6) is 0.313. The van der Waals surface area contributed by atoms with Crippen LogP contribution < -0.4 is 15.4 Å². The molecule has 1 heterocycles. The van der Waals surface area contributed by atoms with Crippen LogP contribution >= 0.6 is 11.8 Å². The summed E-state index contributed by atoms with van der Waals surface area (Å²) in [5, 5.41) is 15.7. The van der Waals surface area contributed by atoms with E-state index in [1.807, 2.05) is 24.3 Å². The summed E-state index contributed by atoms with van der Waals surface area (Å²) in [4.78, 5) is 24.0. The standard InChI is InChI=1S/C19H23N3O3S/c1-3-4-9-21-18(24)12-26-19-16(11-20)15(10-17(23)22-19)13-5-7-14(25-2)8-6-13/h5-8,15H,3-4,9-10,12H2,1-2H3,(H,21,24)(H,22,23)/t15-/m1/s1. The smallest absolute Gasteiger partial charge is 0.230 e. The van der Waals surface area contributed by atoms with E-state index in [0.717, 1.165) is 24.2 Å². The van der Waals surface area contributed by atoms with Crippen LogP contribution in [0.5, 0.6) is 5.75 Å². The molecule has 1 aliphatic heterocycles. The number of ether oxygens (including phenoxy) is 1.